The van der Waals surface area contributed by atoms with Crippen LogP contribution in [-0.4, -0.2) is 24.5 Å². The van der Waals surface area contributed by atoms with E-state index < -0.39 is 10.7 Å². The number of alkyl halides is 1. The van der Waals surface area contributed by atoms with Crippen molar-refractivity contribution in [3.05, 3.63) is 39.9 Å². The molecule has 0 heterocycles. The number of non-ortho nitro benzene ring substituents is 1. The molecular formula is C10H12BrNO4. The molecule has 0 saturated carbocycles. The highest BCUT2D eigenvalue weighted by molar-refractivity contribution is 9.09. The molecule has 0 saturated heterocycles. The lowest BCUT2D eigenvalue weighted by atomic mass is 10.1. The van der Waals surface area contributed by atoms with E-state index in [0.29, 0.717) is 5.33 Å². The lowest BCUT2D eigenvalue weighted by Gasteiger charge is -2.29. The fourth-order valence-corrected chi connectivity index (χ4v) is 2.12. The average Bonchev–Trinajstić information content (AvgIpc) is 2.33. The quantitative estimate of drug-likeness (QED) is 0.361. The van der Waals surface area contributed by atoms with Crippen LogP contribution in [0.2, 0.25) is 0 Å². The third-order valence-corrected chi connectivity index (χ3v) is 3.09. The van der Waals surface area contributed by atoms with Crippen molar-refractivity contribution >= 4 is 21.6 Å². The molecule has 0 bridgehead atoms. The van der Waals surface area contributed by atoms with Crippen LogP contribution in [-0.2, 0) is 15.3 Å². The van der Waals surface area contributed by atoms with E-state index in [1.54, 1.807) is 12.1 Å². The molecule has 0 amide bonds. The Bertz CT molecular complexity index is 353. The fraction of sp³-hybridized carbons (Fsp3) is 0.400. The second-order valence-corrected chi connectivity index (χ2v) is 3.66. The number of hydrogen-bond acceptors (Lipinski definition) is 4. The van der Waals surface area contributed by atoms with Crippen LogP contribution in [0.15, 0.2) is 24.3 Å². The van der Waals surface area contributed by atoms with Gasteiger partial charge in [0.1, 0.15) is 0 Å². The number of rotatable bonds is 5. The Morgan fingerprint density at radius 2 is 1.81 bits per heavy atom. The summed E-state index contributed by atoms with van der Waals surface area (Å²) in [5, 5.41) is 10.9. The molecule has 1 rings (SSSR count). The highest BCUT2D eigenvalue weighted by Gasteiger charge is 2.31. The topological polar surface area (TPSA) is 61.6 Å². The zero-order chi connectivity index (χ0) is 12.2. The van der Waals surface area contributed by atoms with Crippen LogP contribution in [0.4, 0.5) is 5.69 Å². The van der Waals surface area contributed by atoms with E-state index in [4.69, 9.17) is 9.47 Å². The van der Waals surface area contributed by atoms with Gasteiger partial charge >= 0.3 is 0 Å². The van der Waals surface area contributed by atoms with Crippen molar-refractivity contribution in [1.29, 1.82) is 0 Å². The first kappa shape index (κ1) is 13.1. The summed E-state index contributed by atoms with van der Waals surface area (Å²) in [5.74, 6) is -0.908. The number of methoxy groups -OCH3 is 2. The molecule has 5 nitrogen and oxygen atoms in total. The van der Waals surface area contributed by atoms with Gasteiger partial charge in [-0.25, -0.2) is 0 Å². The van der Waals surface area contributed by atoms with Crippen molar-refractivity contribution in [2.75, 3.05) is 19.5 Å². The number of nitro groups is 1. The van der Waals surface area contributed by atoms with E-state index in [-0.39, 0.29) is 5.69 Å². The summed E-state index contributed by atoms with van der Waals surface area (Å²) in [6, 6.07) is 6.08. The van der Waals surface area contributed by atoms with Gasteiger partial charge in [-0.05, 0) is 12.1 Å². The monoisotopic (exact) mass is 289 g/mol. The summed E-state index contributed by atoms with van der Waals surface area (Å²) >= 11 is 3.29. The zero-order valence-electron chi connectivity index (χ0n) is 8.97. The van der Waals surface area contributed by atoms with Gasteiger partial charge < -0.3 is 9.47 Å². The van der Waals surface area contributed by atoms with Gasteiger partial charge in [-0.15, -0.1) is 0 Å². The maximum Gasteiger partial charge on any atom is 0.269 e. The van der Waals surface area contributed by atoms with Gasteiger partial charge in [0.25, 0.3) is 5.69 Å². The largest absolute Gasteiger partial charge is 0.349 e. The van der Waals surface area contributed by atoms with Crippen LogP contribution >= 0.6 is 15.9 Å². The van der Waals surface area contributed by atoms with Crippen LogP contribution < -0.4 is 0 Å². The van der Waals surface area contributed by atoms with Crippen molar-refractivity contribution < 1.29 is 14.4 Å². The molecule has 88 valence electrons. The third-order valence-electron chi connectivity index (χ3n) is 2.35. The first-order valence-electron chi connectivity index (χ1n) is 4.51. The molecule has 0 spiro atoms. The van der Waals surface area contributed by atoms with E-state index in [1.165, 1.54) is 26.4 Å². The van der Waals surface area contributed by atoms with Crippen molar-refractivity contribution in [3.8, 4) is 0 Å². The Morgan fingerprint density at radius 3 is 2.12 bits per heavy atom. The van der Waals surface area contributed by atoms with Crippen molar-refractivity contribution in [3.63, 3.8) is 0 Å². The maximum atomic E-state index is 10.5. The fourth-order valence-electron chi connectivity index (χ4n) is 1.34. The standard InChI is InChI=1S/C10H12BrNO4/c1-15-10(7-11,16-2)8-3-5-9(6-4-8)12(13)14/h3-6H,7H2,1-2H3. The minimum atomic E-state index is -0.908. The molecule has 0 unspecified atom stereocenters. The number of ether oxygens (including phenoxy) is 2. The van der Waals surface area contributed by atoms with Gasteiger partial charge in [0.15, 0.2) is 0 Å². The van der Waals surface area contributed by atoms with Crippen molar-refractivity contribution in [1.82, 2.24) is 0 Å². The molecule has 0 atom stereocenters. The SMILES string of the molecule is COC(CBr)(OC)c1ccc([N+](=O)[O-])cc1. The Hall–Kier alpha value is -0.980. The number of nitro benzene ring substituents is 1. The van der Waals surface area contributed by atoms with E-state index >= 15 is 0 Å². The summed E-state index contributed by atoms with van der Waals surface area (Å²) in [5.41, 5.74) is 0.763. The van der Waals surface area contributed by atoms with Crippen LogP contribution in [0.3, 0.4) is 0 Å². The molecule has 0 aliphatic rings. The Balaban J connectivity index is 3.08. The molecule has 0 fully saturated rings. The average molecular weight is 290 g/mol. The number of benzene rings is 1. The molecule has 0 radical (unpaired) electrons. The summed E-state index contributed by atoms with van der Waals surface area (Å²) in [6.45, 7) is 0. The smallest absolute Gasteiger partial charge is 0.269 e. The van der Waals surface area contributed by atoms with Crippen LogP contribution in [0.25, 0.3) is 0 Å². The number of hydrogen-bond donors (Lipinski definition) is 0. The predicted octanol–water partition coefficient (Wildman–Crippen LogP) is 2.44. The molecule has 0 N–H and O–H groups in total. The summed E-state index contributed by atoms with van der Waals surface area (Å²) in [7, 11) is 3.04. The first-order chi connectivity index (χ1) is 7.59. The lowest BCUT2D eigenvalue weighted by molar-refractivity contribution is -0.384. The molecule has 16 heavy (non-hydrogen) atoms. The van der Waals surface area contributed by atoms with Crippen molar-refractivity contribution in [2.24, 2.45) is 0 Å². The molecule has 0 aliphatic heterocycles. The van der Waals surface area contributed by atoms with Gasteiger partial charge in [0.05, 0.1) is 10.3 Å². The van der Waals surface area contributed by atoms with E-state index in [1.807, 2.05) is 0 Å². The predicted molar refractivity (Wildman–Crippen MR) is 62.6 cm³/mol. The molecule has 6 heteroatoms. The molecule has 1 aromatic carbocycles. The highest BCUT2D eigenvalue weighted by atomic mass is 79.9. The Labute approximate surface area is 102 Å². The second kappa shape index (κ2) is 5.38. The second-order valence-electron chi connectivity index (χ2n) is 3.10. The van der Waals surface area contributed by atoms with Gasteiger partial charge in [0.2, 0.25) is 5.79 Å². The Morgan fingerprint density at radius 1 is 1.31 bits per heavy atom. The van der Waals surface area contributed by atoms with Crippen LogP contribution in [0.5, 0.6) is 0 Å². The van der Waals surface area contributed by atoms with Crippen LogP contribution in [0.1, 0.15) is 5.56 Å². The number of nitrogens with zero attached hydrogens (tertiary/aromatic N) is 1. The maximum absolute atomic E-state index is 10.5. The molecule has 1 aromatic rings. The summed E-state index contributed by atoms with van der Waals surface area (Å²) in [6.07, 6.45) is 0. The van der Waals surface area contributed by atoms with Gasteiger partial charge in [0, 0.05) is 31.9 Å². The van der Waals surface area contributed by atoms with E-state index in [9.17, 15) is 10.1 Å². The minimum absolute atomic E-state index is 0.0411. The number of halogens is 1. The van der Waals surface area contributed by atoms with Crippen molar-refractivity contribution in [2.45, 2.75) is 5.79 Å². The molecular weight excluding hydrogens is 278 g/mol. The Kier molecular flexibility index (Phi) is 4.40. The van der Waals surface area contributed by atoms with Gasteiger partial charge in [-0.3, -0.25) is 10.1 Å². The zero-order valence-corrected chi connectivity index (χ0v) is 10.6. The van der Waals surface area contributed by atoms with Gasteiger partial charge in [-0.1, -0.05) is 15.9 Å². The normalized spacial score (nSPS) is 11.4. The lowest BCUT2D eigenvalue weighted by Crippen LogP contribution is -2.32. The van der Waals surface area contributed by atoms with Crippen LogP contribution in [0, 0.1) is 10.1 Å². The summed E-state index contributed by atoms with van der Waals surface area (Å²) < 4.78 is 10.6. The molecule has 0 aromatic heterocycles. The molecule has 0 aliphatic carbocycles. The summed E-state index contributed by atoms with van der Waals surface area (Å²) in [4.78, 5) is 10.1. The minimum Gasteiger partial charge on any atom is -0.349 e. The highest BCUT2D eigenvalue weighted by Crippen LogP contribution is 2.29. The third kappa shape index (κ3) is 2.40. The van der Waals surface area contributed by atoms with E-state index in [2.05, 4.69) is 15.9 Å². The van der Waals surface area contributed by atoms with E-state index in [0.717, 1.165) is 5.56 Å². The first-order valence-corrected chi connectivity index (χ1v) is 5.63. The van der Waals surface area contributed by atoms with Gasteiger partial charge in [-0.2, -0.15) is 0 Å².